The van der Waals surface area contributed by atoms with Crippen LogP contribution >= 0.6 is 0 Å². The van der Waals surface area contributed by atoms with Crippen molar-refractivity contribution in [2.24, 2.45) is 32.5 Å². The SMILES string of the molecule is CC(C)(C)CCCCC[N+]1(C)CCCC1.CC(C)(C)CCCC[N+]1(C)CCCC1.CC(C)(C)CCOCC[N+]1(C)CCCC1.CC(C)(C)CCc1ccc(C[N+](C)(C)C)cc1.CC(C)(C)Cc1ccc(C[N+]2(C)CCCC2)cc1.CCC[C@@H](NC(=O)c1cccc(CC(C)(C)C)c1)C(=O)O. The van der Waals surface area contributed by atoms with Crippen molar-refractivity contribution in [3.05, 3.63) is 106 Å². The molecule has 4 aliphatic heterocycles. The lowest BCUT2D eigenvalue weighted by atomic mass is 9.87. The van der Waals surface area contributed by atoms with Crippen LogP contribution in [0, 0.1) is 32.5 Å². The zero-order valence-electron chi connectivity index (χ0n) is 71.1. The minimum atomic E-state index is -0.990. The fourth-order valence-corrected chi connectivity index (χ4v) is 14.4. The number of rotatable bonds is 27. The number of amides is 1. The molecule has 0 spiro atoms. The van der Waals surface area contributed by atoms with Crippen molar-refractivity contribution in [1.82, 2.24) is 5.32 Å². The predicted molar refractivity (Wildman–Crippen MR) is 434 cm³/mol. The van der Waals surface area contributed by atoms with Gasteiger partial charge in [0, 0.05) is 74.7 Å². The number of carboxylic acid groups (broad SMARTS) is 1. The Balaban J connectivity index is 0.000000410. The first-order valence-corrected chi connectivity index (χ1v) is 40.5. The Morgan fingerprint density at radius 3 is 1.26 bits per heavy atom. The van der Waals surface area contributed by atoms with Crippen molar-refractivity contribution >= 4 is 11.9 Å². The topological polar surface area (TPSA) is 75.6 Å². The van der Waals surface area contributed by atoms with Gasteiger partial charge >= 0.3 is 5.97 Å². The number of carboxylic acids is 1. The van der Waals surface area contributed by atoms with Crippen LogP contribution in [-0.2, 0) is 41.9 Å². The Bertz CT molecular complexity index is 2620. The molecule has 3 aromatic rings. The minimum absolute atomic E-state index is 0.140. The van der Waals surface area contributed by atoms with Crippen LogP contribution in [0.1, 0.15) is 292 Å². The fourth-order valence-electron chi connectivity index (χ4n) is 14.4. The second-order valence-electron chi connectivity index (χ2n) is 41.2. The van der Waals surface area contributed by atoms with Crippen LogP contribution in [0.25, 0.3) is 0 Å². The molecule has 2 N–H and O–H groups in total. The van der Waals surface area contributed by atoms with Gasteiger partial charge < -0.3 is 37.6 Å². The van der Waals surface area contributed by atoms with Gasteiger partial charge in [-0.2, -0.15) is 0 Å². The molecule has 4 aliphatic rings. The van der Waals surface area contributed by atoms with Crippen LogP contribution in [0.15, 0.2) is 72.8 Å². The van der Waals surface area contributed by atoms with Crippen molar-refractivity contribution in [3.63, 3.8) is 0 Å². The van der Waals surface area contributed by atoms with Gasteiger partial charge in [0.2, 0.25) is 0 Å². The zero-order valence-corrected chi connectivity index (χ0v) is 71.1. The monoisotopic (exact) mass is 1400 g/mol. The van der Waals surface area contributed by atoms with Crippen LogP contribution in [0.2, 0.25) is 0 Å². The molecule has 10 heteroatoms. The van der Waals surface area contributed by atoms with E-state index >= 15 is 0 Å². The van der Waals surface area contributed by atoms with Crippen molar-refractivity contribution in [3.8, 4) is 0 Å². The number of nitrogens with zero attached hydrogens (tertiary/aromatic N) is 5. The number of likely N-dealkylation sites (N-methyl/N-ethyl adjacent to an activating group) is 1. The summed E-state index contributed by atoms with van der Waals surface area (Å²) in [6, 6.07) is 25.0. The Hall–Kier alpha value is -3.64. The van der Waals surface area contributed by atoms with Crippen LogP contribution < -0.4 is 5.32 Å². The van der Waals surface area contributed by atoms with Gasteiger partial charge in [-0.25, -0.2) is 4.79 Å². The summed E-state index contributed by atoms with van der Waals surface area (Å²) in [6.45, 7) is 62.3. The third-order valence-electron chi connectivity index (χ3n) is 20.6. The number of hydrogen-bond acceptors (Lipinski definition) is 3. The lowest BCUT2D eigenvalue weighted by Gasteiger charge is -2.29. The number of nitrogens with one attached hydrogen (secondary N) is 1. The van der Waals surface area contributed by atoms with E-state index in [1.807, 2.05) is 25.1 Å². The molecule has 0 radical (unpaired) electrons. The molecule has 1 atom stereocenters. The number of unbranched alkanes of at least 4 members (excludes halogenated alkanes) is 3. The summed E-state index contributed by atoms with van der Waals surface area (Å²) >= 11 is 0. The van der Waals surface area contributed by atoms with E-state index in [9.17, 15) is 9.59 Å². The molecule has 4 heterocycles. The Labute approximate surface area is 620 Å². The van der Waals surface area contributed by atoms with Crippen molar-refractivity contribution in [1.29, 1.82) is 0 Å². The Morgan fingerprint density at radius 1 is 0.450 bits per heavy atom. The van der Waals surface area contributed by atoms with E-state index in [2.05, 4.69) is 228 Å². The number of quaternary nitrogens is 5. The van der Waals surface area contributed by atoms with Crippen molar-refractivity contribution in [2.75, 3.05) is 135 Å². The normalized spacial score (nSPS) is 17.5. The number of carbonyl (C=O) groups is 2. The average Bonchev–Trinajstić information content (AvgIpc) is 1.35. The van der Waals surface area contributed by atoms with E-state index < -0.39 is 12.0 Å². The fraction of sp³-hybridized carbons (Fsp3) is 0.778. The molecule has 100 heavy (non-hydrogen) atoms. The predicted octanol–water partition coefficient (Wildman–Crippen LogP) is 21.1. The number of aliphatic carboxylic acids is 1. The lowest BCUT2D eigenvalue weighted by Crippen LogP contribution is -2.43. The molecule has 576 valence electrons. The Morgan fingerprint density at radius 2 is 0.840 bits per heavy atom. The first-order valence-electron chi connectivity index (χ1n) is 40.5. The van der Waals surface area contributed by atoms with Gasteiger partial charge in [-0.15, -0.1) is 0 Å². The van der Waals surface area contributed by atoms with Gasteiger partial charge in [0.15, 0.2) is 0 Å². The highest BCUT2D eigenvalue weighted by molar-refractivity contribution is 5.96. The molecule has 7 rings (SSSR count). The number of ether oxygens (including phenoxy) is 1. The molecular formula is C90H167N6O4+5. The highest BCUT2D eigenvalue weighted by Crippen LogP contribution is 2.29. The summed E-state index contributed by atoms with van der Waals surface area (Å²) in [6.07, 6.45) is 28.1. The summed E-state index contributed by atoms with van der Waals surface area (Å²) in [7, 11) is 16.3. The van der Waals surface area contributed by atoms with Gasteiger partial charge in [-0.05, 0) is 138 Å². The maximum absolute atomic E-state index is 12.2. The highest BCUT2D eigenvalue weighted by atomic mass is 16.5. The van der Waals surface area contributed by atoms with Crippen LogP contribution in [0.4, 0.5) is 0 Å². The maximum atomic E-state index is 12.2. The van der Waals surface area contributed by atoms with E-state index in [0.29, 0.717) is 45.5 Å². The molecule has 0 aromatic heterocycles. The summed E-state index contributed by atoms with van der Waals surface area (Å²) in [4.78, 5) is 23.3. The largest absolute Gasteiger partial charge is 0.480 e. The number of carbonyl (C=O) groups excluding carboxylic acids is 1. The Kier molecular flexibility index (Phi) is 39.8. The van der Waals surface area contributed by atoms with E-state index in [1.165, 1.54) is 234 Å². The van der Waals surface area contributed by atoms with Gasteiger partial charge in [0.25, 0.3) is 5.91 Å². The first kappa shape index (κ1) is 92.4. The van der Waals surface area contributed by atoms with Gasteiger partial charge in [-0.3, -0.25) is 4.79 Å². The molecule has 4 fully saturated rings. The minimum Gasteiger partial charge on any atom is -0.480 e. The van der Waals surface area contributed by atoms with Gasteiger partial charge in [-0.1, -0.05) is 205 Å². The zero-order chi connectivity index (χ0) is 75.8. The highest BCUT2D eigenvalue weighted by Gasteiger charge is 2.30. The van der Waals surface area contributed by atoms with Crippen molar-refractivity contribution < 1.29 is 41.8 Å². The van der Waals surface area contributed by atoms with E-state index in [4.69, 9.17) is 9.84 Å². The van der Waals surface area contributed by atoms with Gasteiger partial charge in [0.1, 0.15) is 25.7 Å². The standard InChI is InChI=1S/C17H25NO3.C17H28N.C16H28N.C14H30N.C13H28NO.C13H28N/c1-5-7-14(16(20)21)18-15(19)13-9-6-8-12(10-13)11-17(2,3)4;1-17(2,3)13-15-7-9-16(10-8-15)14-18(4)11-5-6-12-18;1-16(2,3)12-11-14-7-9-15(10-8-14)13-17(4,5)6;1-14(2,3)10-6-5-7-11-15(4)12-8-9-13-15;1-13(2,3)7-11-15-12-10-14(4)8-5-6-9-14;1-13(2,3)9-5-6-10-14(4)11-7-8-12-14/h6,8-10,14H,5,7,11H2,1-4H3,(H,18,19)(H,20,21);7-10H,5-6,11-14H2,1-4H3;7-10H,11-13H2,1-6H3;5-13H2,1-4H3;5-12H2,1-4H3;5-12H2,1-4H3/q;5*+1/t14-;;;;;/m1...../s1. The third-order valence-corrected chi connectivity index (χ3v) is 20.6. The number of benzene rings is 3. The van der Waals surface area contributed by atoms with Crippen molar-refractivity contribution in [2.45, 2.75) is 292 Å². The maximum Gasteiger partial charge on any atom is 0.326 e. The number of likely N-dealkylation sites (tertiary alicyclic amines) is 4. The molecule has 0 unspecified atom stereocenters. The second-order valence-corrected chi connectivity index (χ2v) is 41.2. The van der Waals surface area contributed by atoms with Crippen LogP contribution in [0.5, 0.6) is 0 Å². The van der Waals surface area contributed by atoms with E-state index in [-0.39, 0.29) is 11.3 Å². The molecule has 1 amide bonds. The summed E-state index contributed by atoms with van der Waals surface area (Å²) in [5.74, 6) is -1.32. The molecule has 10 nitrogen and oxygen atoms in total. The summed E-state index contributed by atoms with van der Waals surface area (Å²) in [5.41, 5.74) is 9.88. The molecule has 0 saturated carbocycles. The summed E-state index contributed by atoms with van der Waals surface area (Å²) < 4.78 is 11.9. The average molecular weight is 1400 g/mol. The first-order chi connectivity index (χ1) is 46.0. The quantitative estimate of drug-likeness (QED) is 0.0589. The molecule has 0 aliphatic carbocycles. The van der Waals surface area contributed by atoms with Crippen LogP contribution in [-0.4, -0.2) is 180 Å². The lowest BCUT2D eigenvalue weighted by molar-refractivity contribution is -0.910. The van der Waals surface area contributed by atoms with Gasteiger partial charge in [0.05, 0.1) is 121 Å². The smallest absolute Gasteiger partial charge is 0.326 e. The molecule has 0 bridgehead atoms. The molecule has 3 aromatic carbocycles. The van der Waals surface area contributed by atoms with E-state index in [1.54, 1.807) is 6.07 Å². The molecular weight excluding hydrogens is 1230 g/mol. The number of hydrogen-bond donors (Lipinski definition) is 2. The van der Waals surface area contributed by atoms with Crippen LogP contribution in [0.3, 0.4) is 0 Å². The summed E-state index contributed by atoms with van der Waals surface area (Å²) in [5, 5.41) is 11.7. The third kappa shape index (κ3) is 46.9. The van der Waals surface area contributed by atoms with E-state index in [0.717, 1.165) is 42.6 Å². The molecule has 4 saturated heterocycles. The number of aryl methyl sites for hydroxylation is 1. The second kappa shape index (κ2) is 43.1.